The SMILES string of the molecule is CCOCc1cc(CP(=O)(O)O)cc(CP(=O)(O)O)c1. The Bertz CT molecular complexity index is 503. The van der Waals surface area contributed by atoms with Gasteiger partial charge in [0.15, 0.2) is 0 Å². The fourth-order valence-electron chi connectivity index (χ4n) is 1.80. The van der Waals surface area contributed by atoms with Crippen molar-refractivity contribution >= 4 is 15.2 Å². The molecule has 0 amide bonds. The van der Waals surface area contributed by atoms with Gasteiger partial charge in [0.1, 0.15) is 0 Å². The van der Waals surface area contributed by atoms with E-state index in [9.17, 15) is 9.13 Å². The fraction of sp³-hybridized carbons (Fsp3) is 0.455. The summed E-state index contributed by atoms with van der Waals surface area (Å²) in [6.07, 6.45) is -0.942. The summed E-state index contributed by atoms with van der Waals surface area (Å²) in [7, 11) is -8.48. The largest absolute Gasteiger partial charge is 0.377 e. The van der Waals surface area contributed by atoms with E-state index in [4.69, 9.17) is 24.3 Å². The van der Waals surface area contributed by atoms with E-state index in [2.05, 4.69) is 0 Å². The van der Waals surface area contributed by atoms with Crippen molar-refractivity contribution in [2.24, 2.45) is 0 Å². The summed E-state index contributed by atoms with van der Waals surface area (Å²) in [5, 5.41) is 0. The summed E-state index contributed by atoms with van der Waals surface area (Å²) in [5.41, 5.74) is 1.29. The predicted octanol–water partition coefficient (Wildman–Crippen LogP) is 1.58. The average Bonchev–Trinajstić information content (AvgIpc) is 2.21. The highest BCUT2D eigenvalue weighted by molar-refractivity contribution is 7.51. The molecule has 0 saturated carbocycles. The third kappa shape index (κ3) is 7.31. The third-order valence-electron chi connectivity index (χ3n) is 2.36. The van der Waals surface area contributed by atoms with Crippen molar-refractivity contribution in [2.75, 3.05) is 6.61 Å². The molecule has 0 fully saturated rings. The zero-order valence-electron chi connectivity index (χ0n) is 11.0. The van der Waals surface area contributed by atoms with Gasteiger partial charge in [-0.05, 0) is 23.6 Å². The first kappa shape index (κ1) is 17.5. The highest BCUT2D eigenvalue weighted by Crippen LogP contribution is 2.42. The van der Waals surface area contributed by atoms with Gasteiger partial charge in [-0.3, -0.25) is 9.13 Å². The predicted molar refractivity (Wildman–Crippen MR) is 73.3 cm³/mol. The van der Waals surface area contributed by atoms with Gasteiger partial charge in [-0.15, -0.1) is 0 Å². The van der Waals surface area contributed by atoms with E-state index in [1.165, 1.54) is 6.07 Å². The van der Waals surface area contributed by atoms with Gasteiger partial charge in [-0.2, -0.15) is 0 Å². The molecular weight excluding hydrogens is 306 g/mol. The number of hydrogen-bond donors (Lipinski definition) is 4. The van der Waals surface area contributed by atoms with Crippen LogP contribution in [0.3, 0.4) is 0 Å². The Hall–Kier alpha value is -0.520. The first-order valence-electron chi connectivity index (χ1n) is 5.87. The standard InChI is InChI=1S/C11H18O7P2/c1-2-18-6-9-3-10(7-19(12,13)14)5-11(4-9)8-20(15,16)17/h3-5H,2,6-8H2,1H3,(H2,12,13,14)(H2,15,16,17). The number of ether oxygens (including phenoxy) is 1. The molecule has 0 radical (unpaired) electrons. The number of benzene rings is 1. The average molecular weight is 324 g/mol. The minimum Gasteiger partial charge on any atom is -0.377 e. The van der Waals surface area contributed by atoms with Crippen LogP contribution >= 0.6 is 15.2 Å². The van der Waals surface area contributed by atoms with Gasteiger partial charge in [-0.25, -0.2) is 0 Å². The molecule has 0 aliphatic heterocycles. The Balaban J connectivity index is 3.07. The normalized spacial score (nSPS) is 12.7. The topological polar surface area (TPSA) is 124 Å². The second-order valence-electron chi connectivity index (χ2n) is 4.44. The molecule has 1 aromatic carbocycles. The Morgan fingerprint density at radius 1 is 0.900 bits per heavy atom. The minimum absolute atomic E-state index is 0.222. The van der Waals surface area contributed by atoms with Crippen molar-refractivity contribution in [3.05, 3.63) is 34.9 Å². The van der Waals surface area contributed by atoms with Gasteiger partial charge in [0.25, 0.3) is 0 Å². The highest BCUT2D eigenvalue weighted by atomic mass is 31.2. The molecule has 0 saturated heterocycles. The smallest absolute Gasteiger partial charge is 0.329 e. The molecule has 0 spiro atoms. The van der Waals surface area contributed by atoms with E-state index in [1.807, 2.05) is 0 Å². The van der Waals surface area contributed by atoms with Crippen molar-refractivity contribution in [3.63, 3.8) is 0 Å². The molecule has 0 aliphatic rings. The number of rotatable bonds is 7. The van der Waals surface area contributed by atoms with Crippen LogP contribution in [0.4, 0.5) is 0 Å². The molecule has 0 unspecified atom stereocenters. The van der Waals surface area contributed by atoms with Crippen LogP contribution in [-0.4, -0.2) is 26.2 Å². The Kier molecular flexibility index (Phi) is 6.10. The zero-order valence-corrected chi connectivity index (χ0v) is 12.8. The summed E-state index contributed by atoms with van der Waals surface area (Å²) in [4.78, 5) is 36.0. The van der Waals surface area contributed by atoms with E-state index in [0.717, 1.165) is 0 Å². The quantitative estimate of drug-likeness (QED) is 0.561. The van der Waals surface area contributed by atoms with Crippen LogP contribution in [0.2, 0.25) is 0 Å². The molecule has 9 heteroatoms. The van der Waals surface area contributed by atoms with E-state index in [1.54, 1.807) is 19.1 Å². The molecule has 20 heavy (non-hydrogen) atoms. The van der Waals surface area contributed by atoms with Gasteiger partial charge >= 0.3 is 15.2 Å². The molecule has 0 atom stereocenters. The van der Waals surface area contributed by atoms with E-state index in [-0.39, 0.29) is 6.61 Å². The lowest BCUT2D eigenvalue weighted by molar-refractivity contribution is 0.134. The summed E-state index contributed by atoms with van der Waals surface area (Å²) >= 11 is 0. The Labute approximate surface area is 116 Å². The summed E-state index contributed by atoms with van der Waals surface area (Å²) in [5.74, 6) is 0. The highest BCUT2D eigenvalue weighted by Gasteiger charge is 2.18. The van der Waals surface area contributed by atoms with Crippen LogP contribution < -0.4 is 0 Å². The molecule has 0 heterocycles. The van der Waals surface area contributed by atoms with Crippen molar-refractivity contribution in [2.45, 2.75) is 25.9 Å². The molecule has 0 bridgehead atoms. The summed E-state index contributed by atoms with van der Waals surface area (Å²) in [6, 6.07) is 4.53. The second-order valence-corrected chi connectivity index (χ2v) is 7.73. The van der Waals surface area contributed by atoms with Gasteiger partial charge in [0.05, 0.1) is 18.9 Å². The van der Waals surface area contributed by atoms with Crippen LogP contribution in [0.15, 0.2) is 18.2 Å². The van der Waals surface area contributed by atoms with Gasteiger partial charge in [0.2, 0.25) is 0 Å². The van der Waals surface area contributed by atoms with Gasteiger partial charge in [-0.1, -0.05) is 18.2 Å². The maximum atomic E-state index is 11.0. The lowest BCUT2D eigenvalue weighted by atomic mass is 10.1. The lowest BCUT2D eigenvalue weighted by Crippen LogP contribution is -1.98. The zero-order chi connectivity index (χ0) is 15.4. The van der Waals surface area contributed by atoms with Gasteiger partial charge < -0.3 is 24.3 Å². The second kappa shape index (κ2) is 6.96. The summed E-state index contributed by atoms with van der Waals surface area (Å²) < 4.78 is 27.3. The first-order chi connectivity index (χ1) is 9.09. The van der Waals surface area contributed by atoms with Crippen LogP contribution in [0.1, 0.15) is 23.6 Å². The third-order valence-corrected chi connectivity index (χ3v) is 3.92. The van der Waals surface area contributed by atoms with Crippen LogP contribution in [0.5, 0.6) is 0 Å². The molecule has 0 aliphatic carbocycles. The van der Waals surface area contributed by atoms with Crippen molar-refractivity contribution < 1.29 is 33.4 Å². The van der Waals surface area contributed by atoms with E-state index < -0.39 is 27.5 Å². The Morgan fingerprint density at radius 2 is 1.30 bits per heavy atom. The van der Waals surface area contributed by atoms with Crippen LogP contribution in [0, 0.1) is 0 Å². The van der Waals surface area contributed by atoms with Crippen molar-refractivity contribution in [1.29, 1.82) is 0 Å². The molecule has 1 rings (SSSR count). The summed E-state index contributed by atoms with van der Waals surface area (Å²) in [6.45, 7) is 2.49. The maximum absolute atomic E-state index is 11.0. The molecular formula is C11H18O7P2. The van der Waals surface area contributed by atoms with Crippen LogP contribution in [0.25, 0.3) is 0 Å². The fourth-order valence-corrected chi connectivity index (χ4v) is 3.12. The lowest BCUT2D eigenvalue weighted by Gasteiger charge is -2.11. The molecule has 0 aromatic heterocycles. The monoisotopic (exact) mass is 324 g/mol. The van der Waals surface area contributed by atoms with Crippen LogP contribution in [-0.2, 0) is 32.8 Å². The molecule has 7 nitrogen and oxygen atoms in total. The number of hydrogen-bond acceptors (Lipinski definition) is 3. The molecule has 1 aromatic rings. The Morgan fingerprint density at radius 3 is 1.65 bits per heavy atom. The maximum Gasteiger partial charge on any atom is 0.329 e. The first-order valence-corrected chi connectivity index (χ1v) is 9.47. The van der Waals surface area contributed by atoms with Crippen molar-refractivity contribution in [3.8, 4) is 0 Å². The molecule has 4 N–H and O–H groups in total. The van der Waals surface area contributed by atoms with Crippen molar-refractivity contribution in [1.82, 2.24) is 0 Å². The van der Waals surface area contributed by atoms with E-state index in [0.29, 0.717) is 23.3 Å². The minimum atomic E-state index is -4.24. The van der Waals surface area contributed by atoms with Gasteiger partial charge in [0, 0.05) is 6.61 Å². The molecule has 114 valence electrons. The van der Waals surface area contributed by atoms with E-state index >= 15 is 0 Å².